The Balaban J connectivity index is 2.00. The number of rotatable bonds is 3. The lowest BCUT2D eigenvalue weighted by Crippen LogP contribution is -2.43. The summed E-state index contributed by atoms with van der Waals surface area (Å²) in [7, 11) is -3.22. The molecular formula is C13H17IN2O3S. The van der Waals surface area contributed by atoms with Gasteiger partial charge in [0.1, 0.15) is 0 Å². The van der Waals surface area contributed by atoms with Crippen molar-refractivity contribution in [3.8, 4) is 0 Å². The molecule has 110 valence electrons. The number of hydrogen-bond acceptors (Lipinski definition) is 3. The molecule has 0 unspecified atom stereocenters. The molecule has 1 aliphatic rings. The Morgan fingerprint density at radius 2 is 2.00 bits per heavy atom. The summed E-state index contributed by atoms with van der Waals surface area (Å²) in [5, 5.41) is 2.85. The SMILES string of the molecule is CS(=O)(=O)N1CCC[C@@H](C(=O)Nc2ccc(I)cc2)C1. The van der Waals surface area contributed by atoms with Crippen molar-refractivity contribution >= 4 is 44.2 Å². The van der Waals surface area contributed by atoms with E-state index in [4.69, 9.17) is 0 Å². The fraction of sp³-hybridized carbons (Fsp3) is 0.462. The predicted molar refractivity (Wildman–Crippen MR) is 86.9 cm³/mol. The summed E-state index contributed by atoms with van der Waals surface area (Å²) < 4.78 is 25.6. The van der Waals surface area contributed by atoms with Crippen LogP contribution in [-0.2, 0) is 14.8 Å². The summed E-state index contributed by atoms with van der Waals surface area (Å²) in [4.78, 5) is 12.2. The van der Waals surface area contributed by atoms with E-state index in [1.54, 1.807) is 0 Å². The fourth-order valence-electron chi connectivity index (χ4n) is 2.24. The normalized spacial score (nSPS) is 20.6. The van der Waals surface area contributed by atoms with Crippen LogP contribution in [0.3, 0.4) is 0 Å². The average Bonchev–Trinajstić information content (AvgIpc) is 2.40. The highest BCUT2D eigenvalue weighted by Crippen LogP contribution is 2.20. The maximum atomic E-state index is 12.2. The Morgan fingerprint density at radius 1 is 1.35 bits per heavy atom. The first-order valence-corrected chi connectivity index (χ1v) is 9.30. The van der Waals surface area contributed by atoms with Gasteiger partial charge in [-0.25, -0.2) is 12.7 Å². The van der Waals surface area contributed by atoms with Crippen molar-refractivity contribution in [3.05, 3.63) is 27.8 Å². The van der Waals surface area contributed by atoms with Crippen molar-refractivity contribution in [2.45, 2.75) is 12.8 Å². The number of carbonyl (C=O) groups is 1. The minimum absolute atomic E-state index is 0.112. The Hall–Kier alpha value is -0.670. The molecule has 1 N–H and O–H groups in total. The van der Waals surface area contributed by atoms with E-state index in [0.717, 1.165) is 22.1 Å². The summed E-state index contributed by atoms with van der Waals surface area (Å²) in [6.07, 6.45) is 2.63. The third-order valence-electron chi connectivity index (χ3n) is 3.34. The van der Waals surface area contributed by atoms with E-state index >= 15 is 0 Å². The molecule has 0 aliphatic carbocycles. The van der Waals surface area contributed by atoms with Crippen molar-refractivity contribution in [3.63, 3.8) is 0 Å². The molecule has 1 fully saturated rings. The first-order chi connectivity index (χ1) is 9.36. The van der Waals surface area contributed by atoms with Gasteiger partial charge in [-0.05, 0) is 59.7 Å². The summed E-state index contributed by atoms with van der Waals surface area (Å²) in [5.41, 5.74) is 0.742. The third kappa shape index (κ3) is 4.16. The second-order valence-corrected chi connectivity index (χ2v) is 8.18. The van der Waals surface area contributed by atoms with Gasteiger partial charge in [-0.2, -0.15) is 0 Å². The molecule has 2 rings (SSSR count). The van der Waals surface area contributed by atoms with Crippen LogP contribution in [0.2, 0.25) is 0 Å². The van der Waals surface area contributed by atoms with Crippen LogP contribution in [-0.4, -0.2) is 38.0 Å². The van der Waals surface area contributed by atoms with E-state index in [9.17, 15) is 13.2 Å². The molecule has 0 saturated carbocycles. The highest BCUT2D eigenvalue weighted by molar-refractivity contribution is 14.1. The first kappa shape index (κ1) is 15.7. The second-order valence-electron chi connectivity index (χ2n) is 4.96. The Bertz CT molecular complexity index is 586. The van der Waals surface area contributed by atoms with E-state index in [1.807, 2.05) is 24.3 Å². The number of amides is 1. The lowest BCUT2D eigenvalue weighted by atomic mass is 9.99. The third-order valence-corrected chi connectivity index (χ3v) is 5.32. The van der Waals surface area contributed by atoms with Crippen LogP contribution >= 0.6 is 22.6 Å². The number of halogens is 1. The number of sulfonamides is 1. The van der Waals surface area contributed by atoms with Crippen molar-refractivity contribution in [2.24, 2.45) is 5.92 Å². The van der Waals surface area contributed by atoms with Crippen molar-refractivity contribution in [2.75, 3.05) is 24.7 Å². The predicted octanol–water partition coefficient (Wildman–Crippen LogP) is 1.90. The van der Waals surface area contributed by atoms with Gasteiger partial charge in [-0.3, -0.25) is 4.79 Å². The molecule has 1 aromatic carbocycles. The van der Waals surface area contributed by atoms with Crippen LogP contribution in [0.1, 0.15) is 12.8 Å². The van der Waals surface area contributed by atoms with E-state index in [0.29, 0.717) is 6.54 Å². The Kier molecular flexibility index (Phi) is 5.03. The summed E-state index contributed by atoms with van der Waals surface area (Å²) >= 11 is 2.20. The second kappa shape index (κ2) is 6.40. The molecule has 1 heterocycles. The molecular weight excluding hydrogens is 391 g/mol. The number of piperidine rings is 1. The monoisotopic (exact) mass is 408 g/mol. The molecule has 0 bridgehead atoms. The van der Waals surface area contributed by atoms with E-state index < -0.39 is 10.0 Å². The zero-order chi connectivity index (χ0) is 14.8. The fourth-order valence-corrected chi connectivity index (χ4v) is 3.51. The topological polar surface area (TPSA) is 66.5 Å². The number of anilines is 1. The molecule has 0 aromatic heterocycles. The minimum Gasteiger partial charge on any atom is -0.326 e. The van der Waals surface area contributed by atoms with Crippen molar-refractivity contribution in [1.29, 1.82) is 0 Å². The van der Waals surface area contributed by atoms with Crippen LogP contribution in [0.4, 0.5) is 5.69 Å². The lowest BCUT2D eigenvalue weighted by molar-refractivity contribution is -0.120. The standard InChI is InChI=1S/C13H17IN2O3S/c1-20(18,19)16-8-2-3-10(9-16)13(17)15-12-6-4-11(14)5-7-12/h4-7,10H,2-3,8-9H2,1H3,(H,15,17)/t10-/m1/s1. The maximum Gasteiger partial charge on any atom is 0.228 e. The van der Waals surface area contributed by atoms with E-state index in [2.05, 4.69) is 27.9 Å². The number of carbonyl (C=O) groups excluding carboxylic acids is 1. The zero-order valence-electron chi connectivity index (χ0n) is 11.2. The van der Waals surface area contributed by atoms with Crippen molar-refractivity contribution < 1.29 is 13.2 Å². The quantitative estimate of drug-likeness (QED) is 0.778. The minimum atomic E-state index is -3.22. The molecule has 1 amide bonds. The molecule has 1 atom stereocenters. The molecule has 20 heavy (non-hydrogen) atoms. The maximum absolute atomic E-state index is 12.2. The van der Waals surface area contributed by atoms with Gasteiger partial charge < -0.3 is 5.32 Å². The van der Waals surface area contributed by atoms with Crippen LogP contribution in [0, 0.1) is 9.49 Å². The molecule has 5 nitrogen and oxygen atoms in total. The van der Waals surface area contributed by atoms with E-state index in [-0.39, 0.29) is 18.4 Å². The molecule has 0 radical (unpaired) electrons. The number of nitrogens with zero attached hydrogens (tertiary/aromatic N) is 1. The smallest absolute Gasteiger partial charge is 0.228 e. The van der Waals surface area contributed by atoms with Gasteiger partial charge in [0.25, 0.3) is 0 Å². The molecule has 1 saturated heterocycles. The van der Waals surface area contributed by atoms with Crippen molar-refractivity contribution in [1.82, 2.24) is 4.31 Å². The van der Waals surface area contributed by atoms with Crippen LogP contribution in [0.15, 0.2) is 24.3 Å². The Labute approximate surface area is 132 Å². The largest absolute Gasteiger partial charge is 0.326 e. The Morgan fingerprint density at radius 3 is 2.60 bits per heavy atom. The van der Waals surface area contributed by atoms with Gasteiger partial charge in [0.2, 0.25) is 15.9 Å². The molecule has 0 spiro atoms. The van der Waals surface area contributed by atoms with Gasteiger partial charge in [-0.1, -0.05) is 0 Å². The van der Waals surface area contributed by atoms with Gasteiger partial charge >= 0.3 is 0 Å². The van der Waals surface area contributed by atoms with Gasteiger partial charge in [0.15, 0.2) is 0 Å². The van der Waals surface area contributed by atoms with Gasteiger partial charge in [0.05, 0.1) is 12.2 Å². The average molecular weight is 408 g/mol. The highest BCUT2D eigenvalue weighted by Gasteiger charge is 2.30. The zero-order valence-corrected chi connectivity index (χ0v) is 14.1. The van der Waals surface area contributed by atoms with Gasteiger partial charge in [-0.15, -0.1) is 0 Å². The highest BCUT2D eigenvalue weighted by atomic mass is 127. The summed E-state index contributed by atoms with van der Waals surface area (Å²) in [6, 6.07) is 7.52. The summed E-state index contributed by atoms with van der Waals surface area (Å²) in [5.74, 6) is -0.391. The number of benzene rings is 1. The number of nitrogens with one attached hydrogen (secondary N) is 1. The van der Waals surface area contributed by atoms with E-state index in [1.165, 1.54) is 10.6 Å². The van der Waals surface area contributed by atoms with Crippen LogP contribution in [0.5, 0.6) is 0 Å². The molecule has 7 heteroatoms. The number of hydrogen-bond donors (Lipinski definition) is 1. The van der Waals surface area contributed by atoms with Crippen LogP contribution in [0.25, 0.3) is 0 Å². The molecule has 1 aromatic rings. The van der Waals surface area contributed by atoms with Gasteiger partial charge in [0, 0.05) is 22.3 Å². The van der Waals surface area contributed by atoms with Crippen LogP contribution < -0.4 is 5.32 Å². The first-order valence-electron chi connectivity index (χ1n) is 6.38. The molecule has 1 aliphatic heterocycles. The lowest BCUT2D eigenvalue weighted by Gasteiger charge is -2.30. The summed E-state index contributed by atoms with van der Waals surface area (Å²) in [6.45, 7) is 0.779.